The summed E-state index contributed by atoms with van der Waals surface area (Å²) in [5, 5.41) is 0. The van der Waals surface area contributed by atoms with E-state index >= 15 is 0 Å². The molecule has 2 N–H and O–H groups in total. The average Bonchev–Trinajstić information content (AvgIpc) is 2.41. The van der Waals surface area contributed by atoms with E-state index in [1.54, 1.807) is 6.92 Å². The van der Waals surface area contributed by atoms with Gasteiger partial charge >= 0.3 is 0 Å². The highest BCUT2D eigenvalue weighted by Crippen LogP contribution is 2.25. The number of hydrogen-bond acceptors (Lipinski definition) is 3. The first kappa shape index (κ1) is 14.9. The molecule has 1 fully saturated rings. The Bertz CT molecular complexity index is 510. The molecule has 0 aromatic heterocycles. The SMILES string of the molecule is CC(=O)N1CCN(C(C(N)=S)c2ccccc2C)CC1. The van der Waals surface area contributed by atoms with Crippen molar-refractivity contribution in [3.63, 3.8) is 0 Å². The third-order valence-corrected chi connectivity index (χ3v) is 4.10. The summed E-state index contributed by atoms with van der Waals surface area (Å²) >= 11 is 5.28. The lowest BCUT2D eigenvalue weighted by Crippen LogP contribution is -2.51. The van der Waals surface area contributed by atoms with Gasteiger partial charge in [-0.15, -0.1) is 0 Å². The van der Waals surface area contributed by atoms with Crippen LogP contribution in [0.2, 0.25) is 0 Å². The number of nitrogens with two attached hydrogens (primary N) is 1. The van der Waals surface area contributed by atoms with Crippen molar-refractivity contribution in [2.24, 2.45) is 5.73 Å². The number of piperazine rings is 1. The molecule has 0 spiro atoms. The van der Waals surface area contributed by atoms with Gasteiger partial charge in [0.25, 0.3) is 0 Å². The maximum absolute atomic E-state index is 11.4. The van der Waals surface area contributed by atoms with E-state index in [1.807, 2.05) is 17.0 Å². The Hall–Kier alpha value is -1.46. The fraction of sp³-hybridized carbons (Fsp3) is 0.467. The zero-order valence-electron chi connectivity index (χ0n) is 12.0. The van der Waals surface area contributed by atoms with Crippen molar-refractivity contribution in [3.8, 4) is 0 Å². The Kier molecular flexibility index (Phi) is 4.73. The Labute approximate surface area is 125 Å². The van der Waals surface area contributed by atoms with Crippen molar-refractivity contribution in [1.82, 2.24) is 9.80 Å². The molecule has 4 nitrogen and oxygen atoms in total. The molecule has 1 amide bonds. The molecular formula is C15H21N3OS. The van der Waals surface area contributed by atoms with Crippen molar-refractivity contribution in [2.45, 2.75) is 19.9 Å². The fourth-order valence-electron chi connectivity index (χ4n) is 2.72. The van der Waals surface area contributed by atoms with Crippen molar-refractivity contribution in [1.29, 1.82) is 0 Å². The molecule has 1 atom stereocenters. The summed E-state index contributed by atoms with van der Waals surface area (Å²) in [4.78, 5) is 16.0. The second kappa shape index (κ2) is 6.33. The zero-order chi connectivity index (χ0) is 14.7. The first-order chi connectivity index (χ1) is 9.50. The molecule has 1 aromatic carbocycles. The molecule has 2 rings (SSSR count). The van der Waals surface area contributed by atoms with Crippen LogP contribution in [-0.4, -0.2) is 46.9 Å². The zero-order valence-corrected chi connectivity index (χ0v) is 12.8. The fourth-order valence-corrected chi connectivity index (χ4v) is 2.99. The summed E-state index contributed by atoms with van der Waals surface area (Å²) in [6.45, 7) is 6.76. The summed E-state index contributed by atoms with van der Waals surface area (Å²) in [5.41, 5.74) is 8.33. The number of nitrogens with zero attached hydrogens (tertiary/aromatic N) is 2. The van der Waals surface area contributed by atoms with E-state index in [-0.39, 0.29) is 11.9 Å². The van der Waals surface area contributed by atoms with Crippen molar-refractivity contribution < 1.29 is 4.79 Å². The highest BCUT2D eigenvalue weighted by molar-refractivity contribution is 7.80. The first-order valence-corrected chi connectivity index (χ1v) is 7.26. The molecule has 1 unspecified atom stereocenters. The summed E-state index contributed by atoms with van der Waals surface area (Å²) in [7, 11) is 0. The minimum Gasteiger partial charge on any atom is -0.392 e. The van der Waals surface area contributed by atoms with Crippen molar-refractivity contribution in [2.75, 3.05) is 26.2 Å². The number of thiocarbonyl (C=S) groups is 1. The van der Waals surface area contributed by atoms with Crippen LogP contribution in [0.3, 0.4) is 0 Å². The van der Waals surface area contributed by atoms with Crippen LogP contribution < -0.4 is 5.73 Å². The highest BCUT2D eigenvalue weighted by Gasteiger charge is 2.28. The third-order valence-electron chi connectivity index (χ3n) is 3.88. The van der Waals surface area contributed by atoms with E-state index in [0.29, 0.717) is 4.99 Å². The van der Waals surface area contributed by atoms with E-state index in [0.717, 1.165) is 31.7 Å². The van der Waals surface area contributed by atoms with Gasteiger partial charge in [0.15, 0.2) is 0 Å². The number of rotatable bonds is 3. The summed E-state index contributed by atoms with van der Waals surface area (Å²) < 4.78 is 0. The van der Waals surface area contributed by atoms with Gasteiger partial charge in [-0.25, -0.2) is 0 Å². The molecular weight excluding hydrogens is 270 g/mol. The summed E-state index contributed by atoms with van der Waals surface area (Å²) in [5.74, 6) is 0.132. The number of amides is 1. The molecule has 108 valence electrons. The lowest BCUT2D eigenvalue weighted by Gasteiger charge is -2.39. The van der Waals surface area contributed by atoms with E-state index in [4.69, 9.17) is 18.0 Å². The number of carbonyl (C=O) groups is 1. The van der Waals surface area contributed by atoms with Gasteiger partial charge < -0.3 is 10.6 Å². The van der Waals surface area contributed by atoms with E-state index < -0.39 is 0 Å². The summed E-state index contributed by atoms with van der Waals surface area (Å²) in [6.07, 6.45) is 0. The minimum atomic E-state index is -0.0414. The van der Waals surface area contributed by atoms with Crippen LogP contribution in [0.15, 0.2) is 24.3 Å². The molecule has 1 saturated heterocycles. The van der Waals surface area contributed by atoms with Gasteiger partial charge in [-0.3, -0.25) is 9.69 Å². The topological polar surface area (TPSA) is 49.6 Å². The van der Waals surface area contributed by atoms with Crippen LogP contribution in [0, 0.1) is 6.92 Å². The van der Waals surface area contributed by atoms with Gasteiger partial charge in [0.2, 0.25) is 5.91 Å². The Morgan fingerprint density at radius 1 is 1.25 bits per heavy atom. The third kappa shape index (κ3) is 3.16. The normalized spacial score (nSPS) is 17.8. The molecule has 0 saturated carbocycles. The van der Waals surface area contributed by atoms with Crippen LogP contribution in [0.4, 0.5) is 0 Å². The van der Waals surface area contributed by atoms with Crippen LogP contribution >= 0.6 is 12.2 Å². The second-order valence-corrected chi connectivity index (χ2v) is 5.67. The number of hydrogen-bond donors (Lipinski definition) is 1. The summed E-state index contributed by atoms with van der Waals surface area (Å²) in [6, 6.07) is 8.14. The van der Waals surface area contributed by atoms with Crippen LogP contribution in [0.5, 0.6) is 0 Å². The van der Waals surface area contributed by atoms with E-state index in [9.17, 15) is 4.79 Å². The van der Waals surface area contributed by atoms with Gasteiger partial charge in [-0.2, -0.15) is 0 Å². The molecule has 5 heteroatoms. The van der Waals surface area contributed by atoms with Gasteiger partial charge in [-0.1, -0.05) is 36.5 Å². The van der Waals surface area contributed by atoms with Crippen molar-refractivity contribution in [3.05, 3.63) is 35.4 Å². The van der Waals surface area contributed by atoms with E-state index in [1.165, 1.54) is 5.56 Å². The minimum absolute atomic E-state index is 0.0414. The standard InChI is InChI=1S/C15H21N3OS/c1-11-5-3-4-6-13(11)14(15(16)20)18-9-7-17(8-10-18)12(2)19/h3-6,14H,7-10H2,1-2H3,(H2,16,20). The quantitative estimate of drug-likeness (QED) is 0.857. The number of aryl methyl sites for hydroxylation is 1. The predicted molar refractivity (Wildman–Crippen MR) is 84.5 cm³/mol. The number of carbonyl (C=O) groups excluding carboxylic acids is 1. The Balaban J connectivity index is 2.18. The Morgan fingerprint density at radius 3 is 2.35 bits per heavy atom. The molecule has 0 radical (unpaired) electrons. The van der Waals surface area contributed by atoms with Crippen molar-refractivity contribution >= 4 is 23.1 Å². The van der Waals surface area contributed by atoms with Crippen LogP contribution in [0.1, 0.15) is 24.1 Å². The second-order valence-electron chi connectivity index (χ2n) is 5.20. The average molecular weight is 291 g/mol. The molecule has 0 bridgehead atoms. The molecule has 0 aliphatic carbocycles. The lowest BCUT2D eigenvalue weighted by atomic mass is 9.99. The molecule has 1 aliphatic rings. The first-order valence-electron chi connectivity index (χ1n) is 6.85. The van der Waals surface area contributed by atoms with Gasteiger partial charge in [0.05, 0.1) is 11.0 Å². The van der Waals surface area contributed by atoms with Gasteiger partial charge in [0, 0.05) is 33.1 Å². The van der Waals surface area contributed by atoms with E-state index in [2.05, 4.69) is 24.0 Å². The monoisotopic (exact) mass is 291 g/mol. The molecule has 1 aromatic rings. The van der Waals surface area contributed by atoms with Crippen LogP contribution in [-0.2, 0) is 4.79 Å². The lowest BCUT2D eigenvalue weighted by molar-refractivity contribution is -0.130. The Morgan fingerprint density at radius 2 is 1.85 bits per heavy atom. The van der Waals surface area contributed by atoms with Crippen LogP contribution in [0.25, 0.3) is 0 Å². The molecule has 1 heterocycles. The maximum Gasteiger partial charge on any atom is 0.219 e. The maximum atomic E-state index is 11.4. The highest BCUT2D eigenvalue weighted by atomic mass is 32.1. The molecule has 20 heavy (non-hydrogen) atoms. The smallest absolute Gasteiger partial charge is 0.219 e. The number of benzene rings is 1. The van der Waals surface area contributed by atoms with Gasteiger partial charge in [0.1, 0.15) is 0 Å². The predicted octanol–water partition coefficient (Wildman–Crippen LogP) is 1.49. The van der Waals surface area contributed by atoms with Gasteiger partial charge in [-0.05, 0) is 18.1 Å². The molecule has 1 aliphatic heterocycles. The largest absolute Gasteiger partial charge is 0.392 e.